The van der Waals surface area contributed by atoms with Crippen molar-refractivity contribution in [2.75, 3.05) is 5.32 Å². The first kappa shape index (κ1) is 13.2. The molecule has 21 heavy (non-hydrogen) atoms. The number of H-pyrrole nitrogens is 1. The van der Waals surface area contributed by atoms with E-state index in [1.807, 2.05) is 17.5 Å². The third-order valence-corrected chi connectivity index (χ3v) is 3.50. The number of nitrogens with one attached hydrogen (secondary N) is 2. The molecule has 0 radical (unpaired) electrons. The molecular formula is C14H10N4O2S. The summed E-state index contributed by atoms with van der Waals surface area (Å²) in [5, 5.41) is 4.87. The number of nitrogens with zero attached hydrogens (tertiary/aromatic N) is 2. The number of carbonyl (C=O) groups is 1. The van der Waals surface area contributed by atoms with Crippen molar-refractivity contribution >= 4 is 22.4 Å². The van der Waals surface area contributed by atoms with Crippen LogP contribution in [0.1, 0.15) is 10.4 Å². The van der Waals surface area contributed by atoms with E-state index in [0.29, 0.717) is 5.13 Å². The Labute approximate surface area is 123 Å². The number of aromatic amines is 1. The molecule has 3 rings (SSSR count). The third kappa shape index (κ3) is 2.87. The predicted molar refractivity (Wildman–Crippen MR) is 80.4 cm³/mol. The molecule has 0 saturated carbocycles. The molecule has 3 heterocycles. The molecule has 0 atom stereocenters. The lowest BCUT2D eigenvalue weighted by atomic mass is 10.2. The summed E-state index contributed by atoms with van der Waals surface area (Å²) in [7, 11) is 0. The van der Waals surface area contributed by atoms with Crippen molar-refractivity contribution in [1.82, 2.24) is 15.0 Å². The molecular weight excluding hydrogens is 288 g/mol. The molecule has 0 aliphatic heterocycles. The minimum absolute atomic E-state index is 0.0515. The molecule has 0 aliphatic rings. The van der Waals surface area contributed by atoms with Crippen molar-refractivity contribution in [1.29, 1.82) is 0 Å². The van der Waals surface area contributed by atoms with E-state index in [2.05, 4.69) is 20.3 Å². The van der Waals surface area contributed by atoms with E-state index in [4.69, 9.17) is 0 Å². The summed E-state index contributed by atoms with van der Waals surface area (Å²) < 4.78 is 0. The van der Waals surface area contributed by atoms with Gasteiger partial charge in [0.1, 0.15) is 5.56 Å². The van der Waals surface area contributed by atoms with Gasteiger partial charge >= 0.3 is 0 Å². The fourth-order valence-corrected chi connectivity index (χ4v) is 2.46. The van der Waals surface area contributed by atoms with Crippen molar-refractivity contribution in [3.8, 4) is 11.3 Å². The number of carbonyl (C=O) groups excluding carboxylic acids is 1. The average molecular weight is 298 g/mol. The van der Waals surface area contributed by atoms with Crippen LogP contribution in [0.4, 0.5) is 5.13 Å². The highest BCUT2D eigenvalue weighted by Crippen LogP contribution is 2.24. The Kier molecular flexibility index (Phi) is 3.57. The van der Waals surface area contributed by atoms with Crippen LogP contribution in [-0.2, 0) is 0 Å². The third-order valence-electron chi connectivity index (χ3n) is 2.74. The summed E-state index contributed by atoms with van der Waals surface area (Å²) in [5.41, 5.74) is 1.21. The van der Waals surface area contributed by atoms with E-state index >= 15 is 0 Å². The Morgan fingerprint density at radius 2 is 2.19 bits per heavy atom. The summed E-state index contributed by atoms with van der Waals surface area (Å²) in [6.07, 6.45) is 4.85. The van der Waals surface area contributed by atoms with Gasteiger partial charge < -0.3 is 4.98 Å². The maximum absolute atomic E-state index is 12.0. The van der Waals surface area contributed by atoms with Crippen LogP contribution in [-0.4, -0.2) is 20.9 Å². The monoisotopic (exact) mass is 298 g/mol. The van der Waals surface area contributed by atoms with Crippen LogP contribution in [0.3, 0.4) is 0 Å². The first-order chi connectivity index (χ1) is 10.2. The largest absolute Gasteiger partial charge is 0.328 e. The van der Waals surface area contributed by atoms with E-state index in [9.17, 15) is 9.59 Å². The Morgan fingerprint density at radius 3 is 2.95 bits per heavy atom. The molecule has 0 aliphatic carbocycles. The topological polar surface area (TPSA) is 87.7 Å². The van der Waals surface area contributed by atoms with Gasteiger partial charge in [0, 0.05) is 29.5 Å². The van der Waals surface area contributed by atoms with E-state index in [0.717, 1.165) is 11.3 Å². The maximum Gasteiger partial charge on any atom is 0.263 e. The summed E-state index contributed by atoms with van der Waals surface area (Å²) in [6, 6.07) is 6.76. The summed E-state index contributed by atoms with van der Waals surface area (Å²) in [6.45, 7) is 0. The Bertz CT molecular complexity index is 826. The molecule has 0 unspecified atom stereocenters. The van der Waals surface area contributed by atoms with Crippen molar-refractivity contribution in [2.24, 2.45) is 0 Å². The lowest BCUT2D eigenvalue weighted by Crippen LogP contribution is -2.22. The fourth-order valence-electron chi connectivity index (χ4n) is 1.74. The van der Waals surface area contributed by atoms with Crippen molar-refractivity contribution in [2.45, 2.75) is 0 Å². The Balaban J connectivity index is 1.81. The second-order valence-corrected chi connectivity index (χ2v) is 5.00. The highest BCUT2D eigenvalue weighted by molar-refractivity contribution is 7.14. The normalized spacial score (nSPS) is 10.3. The van der Waals surface area contributed by atoms with Gasteiger partial charge in [0.15, 0.2) is 5.13 Å². The molecule has 0 aromatic carbocycles. The summed E-state index contributed by atoms with van der Waals surface area (Å²) in [4.78, 5) is 34.3. The van der Waals surface area contributed by atoms with Gasteiger partial charge in [-0.1, -0.05) is 0 Å². The van der Waals surface area contributed by atoms with Gasteiger partial charge in [-0.25, -0.2) is 4.98 Å². The van der Waals surface area contributed by atoms with Gasteiger partial charge in [0.05, 0.1) is 5.69 Å². The van der Waals surface area contributed by atoms with Crippen LogP contribution in [0.5, 0.6) is 0 Å². The zero-order valence-corrected chi connectivity index (χ0v) is 11.6. The van der Waals surface area contributed by atoms with E-state index in [1.165, 1.54) is 23.6 Å². The Hall–Kier alpha value is -2.80. The summed E-state index contributed by atoms with van der Waals surface area (Å²) in [5.74, 6) is -0.482. The average Bonchev–Trinajstić information content (AvgIpc) is 2.97. The molecule has 3 aromatic rings. The van der Waals surface area contributed by atoms with Crippen molar-refractivity contribution in [3.63, 3.8) is 0 Å². The number of hydrogen-bond donors (Lipinski definition) is 2. The fraction of sp³-hybridized carbons (Fsp3) is 0. The molecule has 7 heteroatoms. The maximum atomic E-state index is 12.0. The molecule has 6 nitrogen and oxygen atoms in total. The van der Waals surface area contributed by atoms with Gasteiger partial charge in [-0.15, -0.1) is 11.3 Å². The van der Waals surface area contributed by atoms with Gasteiger partial charge in [0.25, 0.3) is 11.5 Å². The van der Waals surface area contributed by atoms with Gasteiger partial charge in [-0.3, -0.25) is 19.9 Å². The van der Waals surface area contributed by atoms with Gasteiger partial charge in [-0.2, -0.15) is 0 Å². The first-order valence-corrected chi connectivity index (χ1v) is 6.97. The van der Waals surface area contributed by atoms with Crippen LogP contribution in [0.25, 0.3) is 11.3 Å². The number of rotatable bonds is 3. The molecule has 2 N–H and O–H groups in total. The Morgan fingerprint density at radius 1 is 1.29 bits per heavy atom. The smallest absolute Gasteiger partial charge is 0.263 e. The predicted octanol–water partition coefficient (Wildman–Crippen LogP) is 2.15. The lowest BCUT2D eigenvalue weighted by molar-refractivity contribution is 0.102. The summed E-state index contributed by atoms with van der Waals surface area (Å²) >= 11 is 1.29. The highest BCUT2D eigenvalue weighted by atomic mass is 32.1. The van der Waals surface area contributed by atoms with Crippen LogP contribution in [0, 0.1) is 0 Å². The number of hydrogen-bond acceptors (Lipinski definition) is 5. The zero-order chi connectivity index (χ0) is 14.7. The molecule has 0 bridgehead atoms. The van der Waals surface area contributed by atoms with E-state index in [1.54, 1.807) is 18.5 Å². The lowest BCUT2D eigenvalue weighted by Gasteiger charge is -2.00. The van der Waals surface area contributed by atoms with Gasteiger partial charge in [0.2, 0.25) is 0 Å². The zero-order valence-electron chi connectivity index (χ0n) is 10.7. The molecule has 0 fully saturated rings. The standard InChI is InChI=1S/C14H10N4O2S/c19-12-10(4-2-6-16-12)13(20)18-14-17-11(8-21-14)9-3-1-5-15-7-9/h1-8H,(H,16,19)(H,17,18,20). The first-order valence-electron chi connectivity index (χ1n) is 6.09. The molecule has 0 spiro atoms. The van der Waals surface area contributed by atoms with E-state index < -0.39 is 11.5 Å². The van der Waals surface area contributed by atoms with Crippen LogP contribution in [0.15, 0.2) is 53.0 Å². The van der Waals surface area contributed by atoms with E-state index in [-0.39, 0.29) is 5.56 Å². The molecule has 3 aromatic heterocycles. The minimum Gasteiger partial charge on any atom is -0.328 e. The number of pyridine rings is 2. The highest BCUT2D eigenvalue weighted by Gasteiger charge is 2.12. The van der Waals surface area contributed by atoms with Crippen molar-refractivity contribution in [3.05, 3.63) is 64.2 Å². The van der Waals surface area contributed by atoms with Crippen LogP contribution < -0.4 is 10.9 Å². The second-order valence-electron chi connectivity index (χ2n) is 4.15. The van der Waals surface area contributed by atoms with Gasteiger partial charge in [-0.05, 0) is 24.3 Å². The van der Waals surface area contributed by atoms with Crippen molar-refractivity contribution < 1.29 is 4.79 Å². The number of aromatic nitrogens is 3. The van der Waals surface area contributed by atoms with Crippen LogP contribution >= 0.6 is 11.3 Å². The number of anilines is 1. The quantitative estimate of drug-likeness (QED) is 0.775. The molecule has 104 valence electrons. The van der Waals surface area contributed by atoms with Crippen LogP contribution in [0.2, 0.25) is 0 Å². The molecule has 0 saturated heterocycles. The number of thiazole rings is 1. The second kappa shape index (κ2) is 5.68. The SMILES string of the molecule is O=C(Nc1nc(-c2cccnc2)cs1)c1ccc[nH]c1=O. The number of amides is 1. The molecule has 1 amide bonds. The minimum atomic E-state index is -0.482.